The predicted octanol–water partition coefficient (Wildman–Crippen LogP) is 1.25. The molecule has 4 nitrogen and oxygen atoms in total. The highest BCUT2D eigenvalue weighted by molar-refractivity contribution is 5.78. The highest BCUT2D eigenvalue weighted by Crippen LogP contribution is 2.19. The minimum atomic E-state index is 0.184. The zero-order valence-electron chi connectivity index (χ0n) is 10.6. The summed E-state index contributed by atoms with van der Waals surface area (Å²) in [7, 11) is 0. The summed E-state index contributed by atoms with van der Waals surface area (Å²) >= 11 is 0. The molecule has 1 aromatic rings. The third kappa shape index (κ3) is 3.53. The minimum Gasteiger partial charge on any atom is -0.396 e. The van der Waals surface area contributed by atoms with Gasteiger partial charge in [-0.15, -0.1) is 0 Å². The monoisotopic (exact) mass is 248 g/mol. The van der Waals surface area contributed by atoms with Crippen molar-refractivity contribution in [1.29, 1.82) is 0 Å². The van der Waals surface area contributed by atoms with Crippen molar-refractivity contribution >= 4 is 5.91 Å². The second-order valence-electron chi connectivity index (χ2n) is 4.89. The van der Waals surface area contributed by atoms with E-state index in [0.717, 1.165) is 37.9 Å². The van der Waals surface area contributed by atoms with Crippen LogP contribution in [0.5, 0.6) is 0 Å². The number of pyridine rings is 1. The van der Waals surface area contributed by atoms with Gasteiger partial charge >= 0.3 is 0 Å². The molecular formula is C14H20N2O2. The second kappa shape index (κ2) is 6.50. The van der Waals surface area contributed by atoms with Crippen LogP contribution in [0.1, 0.15) is 24.8 Å². The van der Waals surface area contributed by atoms with Gasteiger partial charge in [-0.3, -0.25) is 9.78 Å². The number of likely N-dealkylation sites (tertiary alicyclic amines) is 1. The van der Waals surface area contributed by atoms with Gasteiger partial charge in [-0.2, -0.15) is 0 Å². The fourth-order valence-electron chi connectivity index (χ4n) is 2.50. The van der Waals surface area contributed by atoms with E-state index >= 15 is 0 Å². The van der Waals surface area contributed by atoms with Gasteiger partial charge in [0.05, 0.1) is 6.42 Å². The summed E-state index contributed by atoms with van der Waals surface area (Å²) in [5.74, 6) is 0.647. The molecule has 1 N–H and O–H groups in total. The van der Waals surface area contributed by atoms with Crippen LogP contribution in [-0.4, -0.2) is 40.6 Å². The van der Waals surface area contributed by atoms with Crippen molar-refractivity contribution < 1.29 is 9.90 Å². The van der Waals surface area contributed by atoms with Crippen molar-refractivity contribution in [2.24, 2.45) is 5.92 Å². The molecule has 1 saturated heterocycles. The molecule has 2 rings (SSSR count). The van der Waals surface area contributed by atoms with Crippen LogP contribution < -0.4 is 0 Å². The van der Waals surface area contributed by atoms with Gasteiger partial charge in [-0.05, 0) is 42.9 Å². The highest BCUT2D eigenvalue weighted by Gasteiger charge is 2.23. The molecule has 98 valence electrons. The highest BCUT2D eigenvalue weighted by atomic mass is 16.3. The van der Waals surface area contributed by atoms with E-state index in [2.05, 4.69) is 4.98 Å². The first-order chi connectivity index (χ1) is 8.79. The lowest BCUT2D eigenvalue weighted by molar-refractivity contribution is -0.132. The van der Waals surface area contributed by atoms with Gasteiger partial charge in [0, 0.05) is 32.1 Å². The maximum Gasteiger partial charge on any atom is 0.227 e. The average Bonchev–Trinajstić information content (AvgIpc) is 2.40. The summed E-state index contributed by atoms with van der Waals surface area (Å²) < 4.78 is 0. The van der Waals surface area contributed by atoms with Crippen LogP contribution in [0.3, 0.4) is 0 Å². The molecule has 18 heavy (non-hydrogen) atoms. The molecule has 0 radical (unpaired) electrons. The number of hydrogen-bond donors (Lipinski definition) is 1. The Labute approximate surface area is 108 Å². The summed E-state index contributed by atoms with van der Waals surface area (Å²) in [5.41, 5.74) is 1.01. The summed E-state index contributed by atoms with van der Waals surface area (Å²) in [4.78, 5) is 18.0. The van der Waals surface area contributed by atoms with Gasteiger partial charge in [-0.25, -0.2) is 0 Å². The van der Waals surface area contributed by atoms with E-state index in [9.17, 15) is 4.79 Å². The van der Waals surface area contributed by atoms with E-state index in [1.807, 2.05) is 17.0 Å². The van der Waals surface area contributed by atoms with Crippen molar-refractivity contribution in [1.82, 2.24) is 9.88 Å². The number of rotatable bonds is 4. The van der Waals surface area contributed by atoms with Crippen LogP contribution >= 0.6 is 0 Å². The molecule has 1 fully saturated rings. The Balaban J connectivity index is 1.88. The van der Waals surface area contributed by atoms with Crippen LogP contribution in [-0.2, 0) is 11.2 Å². The van der Waals surface area contributed by atoms with Gasteiger partial charge in [-0.1, -0.05) is 0 Å². The zero-order valence-corrected chi connectivity index (χ0v) is 10.6. The van der Waals surface area contributed by atoms with Crippen LogP contribution in [0.2, 0.25) is 0 Å². The minimum absolute atomic E-state index is 0.184. The largest absolute Gasteiger partial charge is 0.396 e. The molecule has 1 amide bonds. The Hall–Kier alpha value is -1.42. The molecular weight excluding hydrogens is 228 g/mol. The zero-order chi connectivity index (χ0) is 12.8. The van der Waals surface area contributed by atoms with Gasteiger partial charge in [0.1, 0.15) is 0 Å². The van der Waals surface area contributed by atoms with Crippen LogP contribution in [0, 0.1) is 5.92 Å². The number of piperidine rings is 1. The molecule has 1 aliphatic heterocycles. The van der Waals surface area contributed by atoms with Crippen molar-refractivity contribution in [2.75, 3.05) is 19.7 Å². The van der Waals surface area contributed by atoms with Crippen molar-refractivity contribution in [3.05, 3.63) is 30.1 Å². The van der Waals surface area contributed by atoms with E-state index in [1.165, 1.54) is 0 Å². The van der Waals surface area contributed by atoms with Crippen LogP contribution in [0.25, 0.3) is 0 Å². The topological polar surface area (TPSA) is 53.4 Å². The van der Waals surface area contributed by atoms with E-state index in [4.69, 9.17) is 5.11 Å². The number of carbonyl (C=O) groups excluding carboxylic acids is 1. The smallest absolute Gasteiger partial charge is 0.227 e. The molecule has 0 bridgehead atoms. The molecule has 0 aliphatic carbocycles. The summed E-state index contributed by atoms with van der Waals surface area (Å²) in [5, 5.41) is 8.97. The van der Waals surface area contributed by atoms with Crippen LogP contribution in [0.4, 0.5) is 0 Å². The van der Waals surface area contributed by atoms with Gasteiger partial charge in [0.2, 0.25) is 5.91 Å². The Kier molecular flexibility index (Phi) is 4.70. The van der Waals surface area contributed by atoms with Crippen molar-refractivity contribution in [3.63, 3.8) is 0 Å². The molecule has 4 heteroatoms. The van der Waals surface area contributed by atoms with Gasteiger partial charge < -0.3 is 10.0 Å². The Morgan fingerprint density at radius 3 is 2.94 bits per heavy atom. The van der Waals surface area contributed by atoms with E-state index in [1.54, 1.807) is 12.4 Å². The lowest BCUT2D eigenvalue weighted by Gasteiger charge is -2.32. The van der Waals surface area contributed by atoms with Gasteiger partial charge in [0.15, 0.2) is 0 Å². The van der Waals surface area contributed by atoms with Crippen LogP contribution in [0.15, 0.2) is 24.5 Å². The van der Waals surface area contributed by atoms with E-state index in [0.29, 0.717) is 12.3 Å². The van der Waals surface area contributed by atoms with E-state index in [-0.39, 0.29) is 12.5 Å². The Bertz CT molecular complexity index is 379. The number of amides is 1. The fraction of sp³-hybridized carbons (Fsp3) is 0.571. The number of carbonyl (C=O) groups is 1. The molecule has 0 saturated carbocycles. The van der Waals surface area contributed by atoms with Gasteiger partial charge in [0.25, 0.3) is 0 Å². The molecule has 2 heterocycles. The number of hydrogen-bond acceptors (Lipinski definition) is 3. The summed E-state index contributed by atoms with van der Waals surface area (Å²) in [6.07, 6.45) is 6.86. The second-order valence-corrected chi connectivity index (χ2v) is 4.89. The standard InChI is InChI=1S/C14H20N2O2/c17-9-5-13-2-1-8-16(11-13)14(18)10-12-3-6-15-7-4-12/h3-4,6-7,13,17H,1-2,5,8-11H2. The number of aliphatic hydroxyl groups is 1. The summed E-state index contributed by atoms with van der Waals surface area (Å²) in [6.45, 7) is 1.87. The third-order valence-electron chi connectivity index (χ3n) is 3.51. The number of aliphatic hydroxyl groups excluding tert-OH is 1. The van der Waals surface area contributed by atoms with Crippen molar-refractivity contribution in [3.8, 4) is 0 Å². The van der Waals surface area contributed by atoms with E-state index < -0.39 is 0 Å². The first-order valence-electron chi connectivity index (χ1n) is 6.57. The molecule has 0 aromatic carbocycles. The number of aromatic nitrogens is 1. The first kappa shape index (κ1) is 13.0. The lowest BCUT2D eigenvalue weighted by Crippen LogP contribution is -2.40. The first-order valence-corrected chi connectivity index (χ1v) is 6.57. The SMILES string of the molecule is O=C(Cc1ccncc1)N1CCCC(CCO)C1. The lowest BCUT2D eigenvalue weighted by atomic mass is 9.95. The molecule has 0 spiro atoms. The maximum atomic E-state index is 12.2. The molecule has 1 unspecified atom stereocenters. The Morgan fingerprint density at radius 1 is 1.44 bits per heavy atom. The molecule has 1 aromatic heterocycles. The molecule has 1 atom stereocenters. The fourth-order valence-corrected chi connectivity index (χ4v) is 2.50. The average molecular weight is 248 g/mol. The number of nitrogens with zero attached hydrogens (tertiary/aromatic N) is 2. The maximum absolute atomic E-state index is 12.2. The quantitative estimate of drug-likeness (QED) is 0.872. The summed E-state index contributed by atoms with van der Waals surface area (Å²) in [6, 6.07) is 3.76. The van der Waals surface area contributed by atoms with Crippen molar-refractivity contribution in [2.45, 2.75) is 25.7 Å². The Morgan fingerprint density at radius 2 is 2.22 bits per heavy atom. The molecule has 1 aliphatic rings. The normalized spacial score (nSPS) is 19.8. The predicted molar refractivity (Wildman–Crippen MR) is 68.9 cm³/mol. The third-order valence-corrected chi connectivity index (χ3v) is 3.51.